The molecule has 0 fully saturated rings. The van der Waals surface area contributed by atoms with Crippen LogP contribution in [-0.4, -0.2) is 17.5 Å². The number of ether oxygens (including phenoxy) is 1. The molecule has 0 bridgehead atoms. The highest BCUT2D eigenvalue weighted by Gasteiger charge is 2.20. The Kier molecular flexibility index (Phi) is 5.71. The van der Waals surface area contributed by atoms with Crippen LogP contribution in [0, 0.1) is 10.1 Å². The molecule has 1 unspecified atom stereocenters. The Morgan fingerprint density at radius 1 is 1.26 bits per heavy atom. The molecule has 23 heavy (non-hydrogen) atoms. The van der Waals surface area contributed by atoms with E-state index in [1.165, 1.54) is 12.1 Å². The molecule has 2 rings (SSSR count). The first-order valence-electron chi connectivity index (χ1n) is 7.14. The third-order valence-corrected chi connectivity index (χ3v) is 3.83. The Bertz CT molecular complexity index is 703. The van der Waals surface area contributed by atoms with Crippen LogP contribution in [-0.2, 0) is 16.0 Å². The fourth-order valence-electron chi connectivity index (χ4n) is 2.26. The van der Waals surface area contributed by atoms with Gasteiger partial charge in [-0.1, -0.05) is 36.4 Å². The van der Waals surface area contributed by atoms with E-state index in [4.69, 9.17) is 16.3 Å². The van der Waals surface area contributed by atoms with Crippen LogP contribution in [0.1, 0.15) is 29.0 Å². The number of alkyl halides is 1. The van der Waals surface area contributed by atoms with Crippen molar-refractivity contribution >= 4 is 23.3 Å². The van der Waals surface area contributed by atoms with Gasteiger partial charge in [-0.15, -0.1) is 11.6 Å². The van der Waals surface area contributed by atoms with Crippen LogP contribution in [0.5, 0.6) is 0 Å². The summed E-state index contributed by atoms with van der Waals surface area (Å²) in [5.41, 5.74) is 1.91. The molecule has 2 aromatic carbocycles. The molecular weight excluding hydrogens is 318 g/mol. The van der Waals surface area contributed by atoms with Crippen LogP contribution in [0.25, 0.3) is 0 Å². The van der Waals surface area contributed by atoms with E-state index in [2.05, 4.69) is 0 Å². The summed E-state index contributed by atoms with van der Waals surface area (Å²) in [7, 11) is 0. The number of carbonyl (C=O) groups excluding carboxylic acids is 1. The fourth-order valence-corrected chi connectivity index (χ4v) is 2.61. The molecule has 0 aliphatic rings. The number of halogens is 1. The number of benzene rings is 2. The summed E-state index contributed by atoms with van der Waals surface area (Å²) in [6.07, 6.45) is 0.0250. The molecule has 0 radical (unpaired) electrons. The third kappa shape index (κ3) is 4.29. The highest BCUT2D eigenvalue weighted by molar-refractivity contribution is 6.22. The van der Waals surface area contributed by atoms with Gasteiger partial charge in [-0.2, -0.15) is 0 Å². The van der Waals surface area contributed by atoms with E-state index < -0.39 is 10.3 Å². The van der Waals surface area contributed by atoms with Gasteiger partial charge in [0.1, 0.15) is 0 Å². The number of nitro benzene ring substituents is 1. The van der Waals surface area contributed by atoms with Crippen LogP contribution in [0.2, 0.25) is 0 Å². The summed E-state index contributed by atoms with van der Waals surface area (Å²) in [6, 6.07) is 13.6. The van der Waals surface area contributed by atoms with E-state index in [9.17, 15) is 14.9 Å². The number of esters is 1. The van der Waals surface area contributed by atoms with Gasteiger partial charge in [0.15, 0.2) is 0 Å². The molecular formula is C17H16ClNO4. The van der Waals surface area contributed by atoms with Crippen molar-refractivity contribution < 1.29 is 14.5 Å². The van der Waals surface area contributed by atoms with Crippen LogP contribution in [0.15, 0.2) is 48.5 Å². The molecule has 0 N–H and O–H groups in total. The van der Waals surface area contributed by atoms with Gasteiger partial charge < -0.3 is 4.74 Å². The smallest absolute Gasteiger partial charge is 0.310 e. The Morgan fingerprint density at radius 3 is 2.57 bits per heavy atom. The number of nitrogens with zero attached hydrogens (tertiary/aromatic N) is 1. The number of hydrogen-bond donors (Lipinski definition) is 0. The highest BCUT2D eigenvalue weighted by Crippen LogP contribution is 2.33. The van der Waals surface area contributed by atoms with E-state index in [-0.39, 0.29) is 24.7 Å². The topological polar surface area (TPSA) is 69.4 Å². The van der Waals surface area contributed by atoms with Crippen molar-refractivity contribution in [3.8, 4) is 0 Å². The maximum Gasteiger partial charge on any atom is 0.310 e. The van der Waals surface area contributed by atoms with Crippen LogP contribution in [0.3, 0.4) is 0 Å². The number of nitro groups is 1. The first kappa shape index (κ1) is 17.0. The Labute approximate surface area is 139 Å². The minimum atomic E-state index is -0.583. The summed E-state index contributed by atoms with van der Waals surface area (Å²) >= 11 is 6.50. The summed E-state index contributed by atoms with van der Waals surface area (Å²) in [4.78, 5) is 22.3. The normalized spacial score (nSPS) is 11.7. The zero-order valence-corrected chi connectivity index (χ0v) is 13.3. The van der Waals surface area contributed by atoms with Crippen molar-refractivity contribution in [3.63, 3.8) is 0 Å². The minimum absolute atomic E-state index is 0.0250. The average molecular weight is 334 g/mol. The van der Waals surface area contributed by atoms with E-state index in [0.29, 0.717) is 11.1 Å². The highest BCUT2D eigenvalue weighted by atomic mass is 35.5. The first-order valence-corrected chi connectivity index (χ1v) is 7.58. The third-order valence-electron chi connectivity index (χ3n) is 3.35. The Morgan fingerprint density at radius 2 is 1.96 bits per heavy atom. The number of rotatable bonds is 6. The quantitative estimate of drug-likeness (QED) is 0.346. The second-order valence-corrected chi connectivity index (χ2v) is 5.33. The Hall–Kier alpha value is -2.40. The second kappa shape index (κ2) is 7.74. The molecule has 6 heteroatoms. The largest absolute Gasteiger partial charge is 0.466 e. The molecule has 2 aromatic rings. The van der Waals surface area contributed by atoms with Crippen molar-refractivity contribution in [1.82, 2.24) is 0 Å². The van der Waals surface area contributed by atoms with Gasteiger partial charge in [0, 0.05) is 12.1 Å². The van der Waals surface area contributed by atoms with Crippen LogP contribution in [0.4, 0.5) is 5.69 Å². The Balaban J connectivity index is 2.42. The maximum absolute atomic E-state index is 11.7. The molecule has 0 amide bonds. The lowest BCUT2D eigenvalue weighted by Gasteiger charge is -2.15. The van der Waals surface area contributed by atoms with Crippen LogP contribution >= 0.6 is 11.6 Å². The predicted octanol–water partition coefficient (Wildman–Crippen LogP) is 4.03. The molecule has 0 heterocycles. The van der Waals surface area contributed by atoms with Gasteiger partial charge in [-0.05, 0) is 23.6 Å². The molecule has 5 nitrogen and oxygen atoms in total. The van der Waals surface area contributed by atoms with Gasteiger partial charge in [0.2, 0.25) is 0 Å². The van der Waals surface area contributed by atoms with Gasteiger partial charge in [-0.3, -0.25) is 14.9 Å². The summed E-state index contributed by atoms with van der Waals surface area (Å²) in [6.45, 7) is 2.01. The lowest BCUT2D eigenvalue weighted by molar-refractivity contribution is -0.384. The van der Waals surface area contributed by atoms with E-state index >= 15 is 0 Å². The van der Waals surface area contributed by atoms with Gasteiger partial charge in [0.05, 0.1) is 23.3 Å². The van der Waals surface area contributed by atoms with E-state index in [1.54, 1.807) is 13.0 Å². The van der Waals surface area contributed by atoms with Gasteiger partial charge in [0.25, 0.3) is 5.69 Å². The number of hydrogen-bond acceptors (Lipinski definition) is 4. The molecule has 0 aromatic heterocycles. The molecule has 0 saturated carbocycles. The second-order valence-electron chi connectivity index (χ2n) is 4.90. The maximum atomic E-state index is 11.7. The lowest BCUT2D eigenvalue weighted by atomic mass is 9.96. The zero-order valence-electron chi connectivity index (χ0n) is 12.6. The predicted molar refractivity (Wildman–Crippen MR) is 87.6 cm³/mol. The zero-order chi connectivity index (χ0) is 16.8. The lowest BCUT2D eigenvalue weighted by Crippen LogP contribution is -2.10. The standard InChI is InChI=1S/C17H16ClNO4/c1-2-23-16(20)10-13-8-9-14(19(21)22)11-15(13)17(18)12-6-4-3-5-7-12/h3-9,11,17H,2,10H2,1H3. The SMILES string of the molecule is CCOC(=O)Cc1ccc([N+](=O)[O-])cc1C(Cl)c1ccccc1. The van der Waals surface area contributed by atoms with E-state index in [1.807, 2.05) is 30.3 Å². The van der Waals surface area contributed by atoms with Crippen molar-refractivity contribution in [2.24, 2.45) is 0 Å². The van der Waals surface area contributed by atoms with Crippen molar-refractivity contribution in [2.45, 2.75) is 18.7 Å². The van der Waals surface area contributed by atoms with Gasteiger partial charge >= 0.3 is 5.97 Å². The molecule has 1 atom stereocenters. The average Bonchev–Trinajstić information content (AvgIpc) is 2.55. The number of non-ortho nitro benzene ring substituents is 1. The van der Waals surface area contributed by atoms with Crippen molar-refractivity contribution in [3.05, 3.63) is 75.3 Å². The van der Waals surface area contributed by atoms with Crippen molar-refractivity contribution in [1.29, 1.82) is 0 Å². The van der Waals surface area contributed by atoms with E-state index in [0.717, 1.165) is 5.56 Å². The van der Waals surface area contributed by atoms with Gasteiger partial charge in [-0.25, -0.2) is 0 Å². The van der Waals surface area contributed by atoms with Crippen LogP contribution < -0.4 is 0 Å². The summed E-state index contributed by atoms with van der Waals surface area (Å²) in [5, 5.41) is 10.4. The van der Waals surface area contributed by atoms with Crippen molar-refractivity contribution in [2.75, 3.05) is 6.61 Å². The molecule has 120 valence electrons. The number of carbonyl (C=O) groups is 1. The summed E-state index contributed by atoms with van der Waals surface area (Å²) in [5.74, 6) is -0.389. The minimum Gasteiger partial charge on any atom is -0.466 e. The monoisotopic (exact) mass is 333 g/mol. The molecule has 0 spiro atoms. The molecule has 0 aliphatic heterocycles. The first-order chi connectivity index (χ1) is 11.0. The summed E-state index contributed by atoms with van der Waals surface area (Å²) < 4.78 is 4.95. The molecule has 0 aliphatic carbocycles. The fraction of sp³-hybridized carbons (Fsp3) is 0.235. The molecule has 0 saturated heterocycles.